The summed E-state index contributed by atoms with van der Waals surface area (Å²) < 4.78 is 0. The summed E-state index contributed by atoms with van der Waals surface area (Å²) in [7, 11) is 4.01. The van der Waals surface area contributed by atoms with Crippen LogP contribution in [0.4, 0.5) is 22.7 Å². The molecule has 3 rings (SSSR count). The van der Waals surface area contributed by atoms with Crippen LogP contribution in [0.25, 0.3) is 0 Å². The number of nitrogens with one attached hydrogen (secondary N) is 2. The number of hydrogen-bond acceptors (Lipinski definition) is 4. The molecule has 5 heteroatoms. The molecule has 0 spiro atoms. The van der Waals surface area contributed by atoms with Gasteiger partial charge in [0.2, 0.25) is 0 Å². The van der Waals surface area contributed by atoms with Crippen molar-refractivity contribution in [2.45, 2.75) is 13.8 Å². The summed E-state index contributed by atoms with van der Waals surface area (Å²) in [6, 6.07) is 15.8. The topological polar surface area (TPSA) is 57.3 Å². The summed E-state index contributed by atoms with van der Waals surface area (Å²) in [4.78, 5) is 18.9. The van der Waals surface area contributed by atoms with Crippen molar-refractivity contribution in [3.63, 3.8) is 0 Å². The molecule has 1 amide bonds. The number of benzene rings is 2. The number of carbonyl (C=O) groups is 1. The lowest BCUT2D eigenvalue weighted by Crippen LogP contribution is -2.14. The monoisotopic (exact) mass is 360 g/mol. The van der Waals surface area contributed by atoms with E-state index in [1.165, 1.54) is 0 Å². The van der Waals surface area contributed by atoms with Gasteiger partial charge < -0.3 is 15.5 Å². The maximum Gasteiger partial charge on any atom is 0.257 e. The van der Waals surface area contributed by atoms with Crippen molar-refractivity contribution in [2.75, 3.05) is 29.6 Å². The fourth-order valence-electron chi connectivity index (χ4n) is 2.84. The summed E-state index contributed by atoms with van der Waals surface area (Å²) in [5, 5.41) is 6.28. The smallest absolute Gasteiger partial charge is 0.257 e. The van der Waals surface area contributed by atoms with Crippen LogP contribution in [-0.2, 0) is 0 Å². The van der Waals surface area contributed by atoms with Gasteiger partial charge in [-0.15, -0.1) is 0 Å². The van der Waals surface area contributed by atoms with Crippen LogP contribution < -0.4 is 15.5 Å². The molecule has 1 heterocycles. The van der Waals surface area contributed by atoms with Gasteiger partial charge in [0, 0.05) is 37.4 Å². The Bertz CT molecular complexity index is 929. The molecule has 0 aliphatic heterocycles. The van der Waals surface area contributed by atoms with Crippen LogP contribution in [0.5, 0.6) is 0 Å². The second kappa shape index (κ2) is 7.91. The normalized spacial score (nSPS) is 10.4. The highest BCUT2D eigenvalue weighted by Gasteiger charge is 2.11. The Morgan fingerprint density at radius 2 is 1.59 bits per heavy atom. The van der Waals surface area contributed by atoms with E-state index >= 15 is 0 Å². The third-order valence-corrected chi connectivity index (χ3v) is 4.39. The molecule has 0 saturated heterocycles. The third-order valence-electron chi connectivity index (χ3n) is 4.39. The molecule has 0 radical (unpaired) electrons. The Kier molecular flexibility index (Phi) is 5.41. The Balaban J connectivity index is 1.76. The molecule has 5 nitrogen and oxygen atoms in total. The van der Waals surface area contributed by atoms with E-state index < -0.39 is 0 Å². The van der Waals surface area contributed by atoms with Gasteiger partial charge in [0.1, 0.15) is 0 Å². The molecule has 138 valence electrons. The second-order valence-electron chi connectivity index (χ2n) is 6.75. The van der Waals surface area contributed by atoms with E-state index in [4.69, 9.17) is 0 Å². The number of aromatic nitrogens is 1. The number of hydrogen-bond donors (Lipinski definition) is 2. The number of amides is 1. The fourth-order valence-corrected chi connectivity index (χ4v) is 2.84. The van der Waals surface area contributed by atoms with Crippen molar-refractivity contribution in [1.82, 2.24) is 4.98 Å². The average molecular weight is 360 g/mol. The predicted molar refractivity (Wildman–Crippen MR) is 112 cm³/mol. The fraction of sp³-hybridized carbons (Fsp3) is 0.182. The third kappa shape index (κ3) is 4.44. The van der Waals surface area contributed by atoms with E-state index in [1.807, 2.05) is 75.3 Å². The first-order valence-corrected chi connectivity index (χ1v) is 8.81. The van der Waals surface area contributed by atoms with Crippen LogP contribution in [0.15, 0.2) is 60.9 Å². The van der Waals surface area contributed by atoms with E-state index in [-0.39, 0.29) is 5.91 Å². The van der Waals surface area contributed by atoms with E-state index in [9.17, 15) is 4.79 Å². The Morgan fingerprint density at radius 1 is 0.926 bits per heavy atom. The van der Waals surface area contributed by atoms with Gasteiger partial charge in [-0.05, 0) is 55.3 Å². The van der Waals surface area contributed by atoms with Gasteiger partial charge in [-0.1, -0.05) is 18.2 Å². The molecule has 0 aliphatic carbocycles. The highest BCUT2D eigenvalue weighted by atomic mass is 16.1. The lowest BCUT2D eigenvalue weighted by atomic mass is 10.1. The van der Waals surface area contributed by atoms with Gasteiger partial charge in [0.25, 0.3) is 5.91 Å². The Morgan fingerprint density at radius 3 is 2.22 bits per heavy atom. The molecule has 0 aliphatic rings. The first-order chi connectivity index (χ1) is 12.9. The van der Waals surface area contributed by atoms with Crippen LogP contribution in [0.2, 0.25) is 0 Å². The maximum absolute atomic E-state index is 12.7. The molecule has 0 fully saturated rings. The van der Waals surface area contributed by atoms with Crippen LogP contribution in [0.1, 0.15) is 21.5 Å². The minimum atomic E-state index is -0.175. The van der Waals surface area contributed by atoms with E-state index in [2.05, 4.69) is 15.6 Å². The Hall–Kier alpha value is -3.34. The standard InChI is InChI=1S/C22H24N4O/c1-15-6-5-7-16(2)21(15)25-22(27)17-12-19(14-23-13-17)24-18-8-10-20(11-9-18)26(3)4/h5-14,24H,1-4H3,(H,25,27). The van der Waals surface area contributed by atoms with Gasteiger partial charge in [0.15, 0.2) is 0 Å². The number of anilines is 4. The van der Waals surface area contributed by atoms with Crippen LogP contribution >= 0.6 is 0 Å². The zero-order valence-corrected chi connectivity index (χ0v) is 16.1. The molecule has 0 saturated carbocycles. The SMILES string of the molecule is Cc1cccc(C)c1NC(=O)c1cncc(Nc2ccc(N(C)C)cc2)c1. The lowest BCUT2D eigenvalue weighted by Gasteiger charge is -2.14. The largest absolute Gasteiger partial charge is 0.378 e. The van der Waals surface area contributed by atoms with E-state index in [0.717, 1.165) is 33.9 Å². The number of carbonyl (C=O) groups excluding carboxylic acids is 1. The number of para-hydroxylation sites is 1. The van der Waals surface area contributed by atoms with Gasteiger partial charge in [-0.25, -0.2) is 0 Å². The van der Waals surface area contributed by atoms with E-state index in [0.29, 0.717) is 5.56 Å². The van der Waals surface area contributed by atoms with Crippen LogP contribution in [0, 0.1) is 13.8 Å². The minimum Gasteiger partial charge on any atom is -0.378 e. The predicted octanol–water partition coefficient (Wildman–Crippen LogP) is 4.76. The van der Waals surface area contributed by atoms with Gasteiger partial charge >= 0.3 is 0 Å². The molecular formula is C22H24N4O. The van der Waals surface area contributed by atoms with Crippen molar-refractivity contribution in [2.24, 2.45) is 0 Å². The van der Waals surface area contributed by atoms with E-state index in [1.54, 1.807) is 18.5 Å². The highest BCUT2D eigenvalue weighted by Crippen LogP contribution is 2.22. The summed E-state index contributed by atoms with van der Waals surface area (Å²) in [6.07, 6.45) is 3.28. The van der Waals surface area contributed by atoms with Crippen molar-refractivity contribution in [3.05, 3.63) is 77.6 Å². The number of rotatable bonds is 5. The molecule has 0 atom stereocenters. The molecular weight excluding hydrogens is 336 g/mol. The number of pyridine rings is 1. The Labute approximate surface area is 160 Å². The van der Waals surface area contributed by atoms with Gasteiger partial charge in [0.05, 0.1) is 17.4 Å². The zero-order chi connectivity index (χ0) is 19.4. The van der Waals surface area contributed by atoms with Gasteiger partial charge in [-0.2, -0.15) is 0 Å². The van der Waals surface area contributed by atoms with Crippen LogP contribution in [0.3, 0.4) is 0 Å². The first kappa shape index (κ1) is 18.5. The van der Waals surface area contributed by atoms with Crippen LogP contribution in [-0.4, -0.2) is 25.0 Å². The zero-order valence-electron chi connectivity index (χ0n) is 16.1. The van der Waals surface area contributed by atoms with Crippen molar-refractivity contribution < 1.29 is 4.79 Å². The summed E-state index contributed by atoms with van der Waals surface area (Å²) in [6.45, 7) is 3.96. The first-order valence-electron chi connectivity index (χ1n) is 8.81. The molecule has 2 aromatic carbocycles. The lowest BCUT2D eigenvalue weighted by molar-refractivity contribution is 0.102. The average Bonchev–Trinajstić information content (AvgIpc) is 2.65. The van der Waals surface area contributed by atoms with Crippen molar-refractivity contribution in [3.8, 4) is 0 Å². The molecule has 1 aromatic heterocycles. The highest BCUT2D eigenvalue weighted by molar-refractivity contribution is 6.05. The maximum atomic E-state index is 12.7. The number of nitrogens with zero attached hydrogens (tertiary/aromatic N) is 2. The molecule has 3 aromatic rings. The summed E-state index contributed by atoms with van der Waals surface area (Å²) >= 11 is 0. The number of aryl methyl sites for hydroxylation is 2. The van der Waals surface area contributed by atoms with Gasteiger partial charge in [-0.3, -0.25) is 9.78 Å². The van der Waals surface area contributed by atoms with Crippen molar-refractivity contribution in [1.29, 1.82) is 0 Å². The molecule has 2 N–H and O–H groups in total. The molecule has 0 unspecified atom stereocenters. The minimum absolute atomic E-state index is 0.175. The second-order valence-corrected chi connectivity index (χ2v) is 6.75. The quantitative estimate of drug-likeness (QED) is 0.689. The molecule has 0 bridgehead atoms. The summed E-state index contributed by atoms with van der Waals surface area (Å²) in [5.74, 6) is -0.175. The van der Waals surface area contributed by atoms with Crippen molar-refractivity contribution >= 4 is 28.7 Å². The summed E-state index contributed by atoms with van der Waals surface area (Å²) in [5.41, 5.74) is 6.25. The molecule has 27 heavy (non-hydrogen) atoms.